The second kappa shape index (κ2) is 3.37. The molecule has 0 aromatic carbocycles. The zero-order valence-electron chi connectivity index (χ0n) is 8.31. The van der Waals surface area contributed by atoms with Gasteiger partial charge in [-0.1, -0.05) is 26.2 Å². The van der Waals surface area contributed by atoms with Crippen molar-refractivity contribution < 1.29 is 0 Å². The third-order valence-corrected chi connectivity index (χ3v) is 3.57. The Morgan fingerprint density at radius 1 is 1.08 bits per heavy atom. The molecule has 70 valence electrons. The van der Waals surface area contributed by atoms with Crippen LogP contribution in [0.25, 0.3) is 0 Å². The van der Waals surface area contributed by atoms with E-state index in [1.165, 1.54) is 58.2 Å². The van der Waals surface area contributed by atoms with Crippen LogP contribution in [-0.4, -0.2) is 24.5 Å². The van der Waals surface area contributed by atoms with Crippen LogP contribution in [0.2, 0.25) is 0 Å². The monoisotopic (exact) mass is 167 g/mol. The van der Waals surface area contributed by atoms with Crippen molar-refractivity contribution in [1.29, 1.82) is 0 Å². The molecule has 1 heterocycles. The Morgan fingerprint density at radius 2 is 1.75 bits per heavy atom. The van der Waals surface area contributed by atoms with E-state index < -0.39 is 0 Å². The van der Waals surface area contributed by atoms with Gasteiger partial charge in [0.1, 0.15) is 0 Å². The first kappa shape index (κ1) is 8.55. The molecule has 2 fully saturated rings. The Morgan fingerprint density at radius 3 is 2.33 bits per heavy atom. The fourth-order valence-corrected chi connectivity index (χ4v) is 2.99. The molecule has 0 N–H and O–H groups in total. The third kappa shape index (κ3) is 1.52. The summed E-state index contributed by atoms with van der Waals surface area (Å²) in [4.78, 5) is 2.63. The van der Waals surface area contributed by atoms with Gasteiger partial charge in [0.15, 0.2) is 0 Å². The first-order chi connectivity index (χ1) is 5.85. The first-order valence-electron chi connectivity index (χ1n) is 5.57. The van der Waals surface area contributed by atoms with Crippen molar-refractivity contribution in [2.75, 3.05) is 19.6 Å². The molecule has 1 nitrogen and oxygen atoms in total. The van der Waals surface area contributed by atoms with Gasteiger partial charge in [0.2, 0.25) is 0 Å². The Labute approximate surface area is 76.1 Å². The molecule has 2 rings (SSSR count). The molecule has 2 aliphatic rings. The van der Waals surface area contributed by atoms with E-state index in [0.29, 0.717) is 0 Å². The van der Waals surface area contributed by atoms with Crippen LogP contribution < -0.4 is 0 Å². The minimum absolute atomic E-state index is 0.799. The Balaban J connectivity index is 1.77. The summed E-state index contributed by atoms with van der Waals surface area (Å²) in [6, 6.07) is 0. The molecule has 0 unspecified atom stereocenters. The van der Waals surface area contributed by atoms with Crippen molar-refractivity contribution in [2.24, 2.45) is 5.41 Å². The molecule has 0 aromatic heterocycles. The van der Waals surface area contributed by atoms with E-state index in [9.17, 15) is 0 Å². The second-order valence-electron chi connectivity index (χ2n) is 4.77. The van der Waals surface area contributed by atoms with Gasteiger partial charge >= 0.3 is 0 Å². The molecule has 0 bridgehead atoms. The van der Waals surface area contributed by atoms with Crippen molar-refractivity contribution in [3.05, 3.63) is 0 Å². The van der Waals surface area contributed by atoms with Crippen molar-refractivity contribution in [1.82, 2.24) is 4.90 Å². The van der Waals surface area contributed by atoms with E-state index in [4.69, 9.17) is 0 Å². The summed E-state index contributed by atoms with van der Waals surface area (Å²) in [5.41, 5.74) is 0.799. The van der Waals surface area contributed by atoms with E-state index in [-0.39, 0.29) is 0 Å². The summed E-state index contributed by atoms with van der Waals surface area (Å²) in [6.07, 6.45) is 8.87. The fraction of sp³-hybridized carbons (Fsp3) is 1.00. The zero-order valence-corrected chi connectivity index (χ0v) is 8.31. The first-order valence-corrected chi connectivity index (χ1v) is 5.57. The Hall–Kier alpha value is -0.0400. The average Bonchev–Trinajstić information content (AvgIpc) is 2.04. The largest absolute Gasteiger partial charge is 0.302 e. The summed E-state index contributed by atoms with van der Waals surface area (Å²) < 4.78 is 0. The summed E-state index contributed by atoms with van der Waals surface area (Å²) in [5.74, 6) is 0. The van der Waals surface area contributed by atoms with Gasteiger partial charge in [0, 0.05) is 13.1 Å². The maximum atomic E-state index is 2.63. The lowest BCUT2D eigenvalue weighted by Gasteiger charge is -2.52. The average molecular weight is 167 g/mol. The minimum Gasteiger partial charge on any atom is -0.302 e. The molecular formula is C11H21N. The fourth-order valence-electron chi connectivity index (χ4n) is 2.99. The van der Waals surface area contributed by atoms with Gasteiger partial charge in [0.25, 0.3) is 0 Å². The van der Waals surface area contributed by atoms with Crippen LogP contribution in [0.15, 0.2) is 0 Å². The number of nitrogens with zero attached hydrogens (tertiary/aromatic N) is 1. The lowest BCUT2D eigenvalue weighted by molar-refractivity contribution is -0.0273. The van der Waals surface area contributed by atoms with Gasteiger partial charge in [0.05, 0.1) is 0 Å². The Kier molecular flexibility index (Phi) is 2.40. The van der Waals surface area contributed by atoms with E-state index in [2.05, 4.69) is 11.8 Å². The molecule has 0 radical (unpaired) electrons. The molecule has 0 amide bonds. The van der Waals surface area contributed by atoms with Crippen LogP contribution in [0.4, 0.5) is 0 Å². The van der Waals surface area contributed by atoms with E-state index in [1.54, 1.807) is 0 Å². The van der Waals surface area contributed by atoms with Gasteiger partial charge in [-0.05, 0) is 31.2 Å². The normalized spacial score (nSPS) is 28.8. The molecule has 0 aromatic rings. The van der Waals surface area contributed by atoms with Crippen LogP contribution in [0.1, 0.15) is 45.4 Å². The van der Waals surface area contributed by atoms with Crippen molar-refractivity contribution in [2.45, 2.75) is 45.4 Å². The molecule has 0 atom stereocenters. The van der Waals surface area contributed by atoms with Gasteiger partial charge in [-0.25, -0.2) is 0 Å². The molecule has 1 saturated carbocycles. The van der Waals surface area contributed by atoms with E-state index >= 15 is 0 Å². The molecular weight excluding hydrogens is 146 g/mol. The predicted molar refractivity (Wildman–Crippen MR) is 52.2 cm³/mol. The van der Waals surface area contributed by atoms with Crippen LogP contribution >= 0.6 is 0 Å². The SMILES string of the molecule is CCCN1CC2(CCCCC2)C1. The molecule has 12 heavy (non-hydrogen) atoms. The lowest BCUT2D eigenvalue weighted by Crippen LogP contribution is -2.56. The van der Waals surface area contributed by atoms with E-state index in [0.717, 1.165) is 5.41 Å². The Bertz CT molecular complexity index is 139. The highest BCUT2D eigenvalue weighted by atomic mass is 15.2. The van der Waals surface area contributed by atoms with Gasteiger partial charge < -0.3 is 4.90 Å². The quantitative estimate of drug-likeness (QED) is 0.611. The molecule has 1 heteroatoms. The van der Waals surface area contributed by atoms with Crippen LogP contribution in [0.5, 0.6) is 0 Å². The predicted octanol–water partition coefficient (Wildman–Crippen LogP) is 2.66. The second-order valence-corrected chi connectivity index (χ2v) is 4.77. The summed E-state index contributed by atoms with van der Waals surface area (Å²) in [6.45, 7) is 6.45. The summed E-state index contributed by atoms with van der Waals surface area (Å²) in [7, 11) is 0. The molecule has 1 spiro atoms. The topological polar surface area (TPSA) is 3.24 Å². The standard InChI is InChI=1S/C11H21N/c1-2-8-12-9-11(10-12)6-4-3-5-7-11/h2-10H2,1H3. The van der Waals surface area contributed by atoms with Crippen molar-refractivity contribution >= 4 is 0 Å². The van der Waals surface area contributed by atoms with Crippen LogP contribution in [-0.2, 0) is 0 Å². The van der Waals surface area contributed by atoms with Crippen LogP contribution in [0, 0.1) is 5.41 Å². The van der Waals surface area contributed by atoms with Crippen molar-refractivity contribution in [3.63, 3.8) is 0 Å². The smallest absolute Gasteiger partial charge is 0.00505 e. The highest BCUT2D eigenvalue weighted by Gasteiger charge is 2.42. The molecule has 1 saturated heterocycles. The number of likely N-dealkylation sites (tertiary alicyclic amines) is 1. The van der Waals surface area contributed by atoms with Gasteiger partial charge in [-0.3, -0.25) is 0 Å². The lowest BCUT2D eigenvalue weighted by atomic mass is 9.68. The highest BCUT2D eigenvalue weighted by molar-refractivity contribution is 4.96. The summed E-state index contributed by atoms with van der Waals surface area (Å²) >= 11 is 0. The van der Waals surface area contributed by atoms with Gasteiger partial charge in [-0.15, -0.1) is 0 Å². The highest BCUT2D eigenvalue weighted by Crippen LogP contribution is 2.43. The summed E-state index contributed by atoms with van der Waals surface area (Å²) in [5, 5.41) is 0. The third-order valence-electron chi connectivity index (χ3n) is 3.57. The van der Waals surface area contributed by atoms with Crippen LogP contribution in [0.3, 0.4) is 0 Å². The zero-order chi connectivity index (χ0) is 8.44. The number of hydrogen-bond acceptors (Lipinski definition) is 1. The maximum absolute atomic E-state index is 2.63. The minimum atomic E-state index is 0.799. The molecule has 1 aliphatic heterocycles. The van der Waals surface area contributed by atoms with Crippen molar-refractivity contribution in [3.8, 4) is 0 Å². The number of hydrogen-bond donors (Lipinski definition) is 0. The number of rotatable bonds is 2. The molecule has 1 aliphatic carbocycles. The van der Waals surface area contributed by atoms with Gasteiger partial charge in [-0.2, -0.15) is 0 Å². The van der Waals surface area contributed by atoms with E-state index in [1.807, 2.05) is 0 Å². The maximum Gasteiger partial charge on any atom is 0.00505 e.